The number of nitrogens with one attached hydrogen (secondary N) is 1. The van der Waals surface area contributed by atoms with Gasteiger partial charge in [0.2, 0.25) is 11.8 Å². The number of carbonyl (C=O) groups is 2. The smallest absolute Gasteiger partial charge is 0.264 e. The van der Waals surface area contributed by atoms with E-state index >= 15 is 0 Å². The fourth-order valence-corrected chi connectivity index (χ4v) is 6.07. The molecule has 0 spiro atoms. The van der Waals surface area contributed by atoms with E-state index < -0.39 is 28.5 Å². The van der Waals surface area contributed by atoms with Crippen LogP contribution in [0.4, 0.5) is 5.69 Å². The highest BCUT2D eigenvalue weighted by Crippen LogP contribution is 2.31. The lowest BCUT2D eigenvalue weighted by Gasteiger charge is -2.34. The molecular weight excluding hydrogens is 534 g/mol. The van der Waals surface area contributed by atoms with E-state index in [0.717, 1.165) is 15.4 Å². The van der Waals surface area contributed by atoms with Crippen molar-refractivity contribution in [1.29, 1.82) is 0 Å². The summed E-state index contributed by atoms with van der Waals surface area (Å²) in [5.74, 6) is -0.786. The molecule has 1 N–H and O–H groups in total. The van der Waals surface area contributed by atoms with E-state index in [1.807, 2.05) is 52.0 Å². The van der Waals surface area contributed by atoms with Gasteiger partial charge in [0.15, 0.2) is 0 Å². The monoisotopic (exact) mass is 569 g/mol. The summed E-state index contributed by atoms with van der Waals surface area (Å²) in [5, 5.41) is 3.28. The average molecular weight is 570 g/mol. The molecule has 3 aromatic carbocycles. The quantitative estimate of drug-likeness (QED) is 0.331. The zero-order valence-corrected chi connectivity index (χ0v) is 24.6. The molecule has 0 aromatic heterocycles. The molecular formula is C30H36ClN3O4S. The summed E-state index contributed by atoms with van der Waals surface area (Å²) in [7, 11) is -4.15. The number of anilines is 1. The van der Waals surface area contributed by atoms with Crippen LogP contribution < -0.4 is 9.62 Å². The Labute approximate surface area is 236 Å². The van der Waals surface area contributed by atoms with Crippen LogP contribution in [0.15, 0.2) is 77.7 Å². The first kappa shape index (κ1) is 30.2. The average Bonchev–Trinajstić information content (AvgIpc) is 2.89. The van der Waals surface area contributed by atoms with Crippen molar-refractivity contribution in [1.82, 2.24) is 10.2 Å². The van der Waals surface area contributed by atoms with E-state index in [-0.39, 0.29) is 23.4 Å². The number of aryl methyl sites for hydroxylation is 1. The minimum Gasteiger partial charge on any atom is -0.352 e. The highest BCUT2D eigenvalue weighted by molar-refractivity contribution is 7.92. The van der Waals surface area contributed by atoms with E-state index in [2.05, 4.69) is 5.32 Å². The zero-order valence-electron chi connectivity index (χ0n) is 23.0. The molecule has 0 heterocycles. The van der Waals surface area contributed by atoms with Gasteiger partial charge in [-0.05, 0) is 69.5 Å². The van der Waals surface area contributed by atoms with Gasteiger partial charge in [-0.2, -0.15) is 0 Å². The van der Waals surface area contributed by atoms with Crippen LogP contribution in [0.5, 0.6) is 0 Å². The van der Waals surface area contributed by atoms with E-state index in [1.54, 1.807) is 43.3 Å². The van der Waals surface area contributed by atoms with Crippen LogP contribution in [-0.2, 0) is 26.2 Å². The number of benzene rings is 3. The molecule has 7 nitrogen and oxygen atoms in total. The third kappa shape index (κ3) is 7.40. The molecule has 9 heteroatoms. The van der Waals surface area contributed by atoms with Crippen molar-refractivity contribution in [2.24, 2.45) is 0 Å². The Morgan fingerprint density at radius 3 is 2.23 bits per heavy atom. The second-order valence-corrected chi connectivity index (χ2v) is 12.1. The Morgan fingerprint density at radius 1 is 0.949 bits per heavy atom. The van der Waals surface area contributed by atoms with Gasteiger partial charge in [0.05, 0.1) is 10.6 Å². The standard InChI is InChI=1S/C30H36ClN3O4S/c1-6-27(30(36)32-21(2)3)33(19-24-13-10-12-22(4)18-24)29(35)20-34(28-17-11-16-26(31)23(28)5)39(37,38)25-14-8-7-9-15-25/h7-18,21,27H,6,19-20H2,1-5H3,(H,32,36). The summed E-state index contributed by atoms with van der Waals surface area (Å²) in [6.45, 7) is 8.86. The zero-order chi connectivity index (χ0) is 28.7. The minimum absolute atomic E-state index is 0.0482. The maximum atomic E-state index is 14.1. The Bertz CT molecular complexity index is 1410. The van der Waals surface area contributed by atoms with Gasteiger partial charge in [-0.1, -0.05) is 72.6 Å². The van der Waals surface area contributed by atoms with Crippen LogP contribution >= 0.6 is 11.6 Å². The SMILES string of the molecule is CCC(C(=O)NC(C)C)N(Cc1cccc(C)c1)C(=O)CN(c1cccc(Cl)c1C)S(=O)(=O)c1ccccc1. The van der Waals surface area contributed by atoms with E-state index in [1.165, 1.54) is 17.0 Å². The molecule has 0 bridgehead atoms. The Kier molecular flexibility index (Phi) is 10.2. The lowest BCUT2D eigenvalue weighted by Crippen LogP contribution is -2.53. The number of carbonyl (C=O) groups excluding carboxylic acids is 2. The molecule has 3 rings (SSSR count). The van der Waals surface area contributed by atoms with E-state index in [0.29, 0.717) is 22.7 Å². The normalized spacial score (nSPS) is 12.2. The van der Waals surface area contributed by atoms with Gasteiger partial charge in [-0.25, -0.2) is 8.42 Å². The molecule has 208 valence electrons. The fraction of sp³-hybridized carbons (Fsp3) is 0.333. The van der Waals surface area contributed by atoms with Crippen molar-refractivity contribution in [2.45, 2.75) is 64.6 Å². The van der Waals surface area contributed by atoms with Crippen LogP contribution in [-0.4, -0.2) is 43.8 Å². The van der Waals surface area contributed by atoms with Crippen molar-refractivity contribution < 1.29 is 18.0 Å². The molecule has 0 radical (unpaired) electrons. The molecule has 0 aliphatic carbocycles. The van der Waals surface area contributed by atoms with Gasteiger partial charge in [0.1, 0.15) is 12.6 Å². The summed E-state index contributed by atoms with van der Waals surface area (Å²) in [4.78, 5) is 28.8. The van der Waals surface area contributed by atoms with Crippen LogP contribution in [0.1, 0.15) is 43.9 Å². The van der Waals surface area contributed by atoms with Crippen LogP contribution in [0.25, 0.3) is 0 Å². The third-order valence-corrected chi connectivity index (χ3v) is 8.55. The van der Waals surface area contributed by atoms with E-state index in [9.17, 15) is 18.0 Å². The van der Waals surface area contributed by atoms with Crippen molar-refractivity contribution >= 4 is 39.1 Å². The van der Waals surface area contributed by atoms with Crippen LogP contribution in [0.2, 0.25) is 5.02 Å². The molecule has 0 saturated carbocycles. The van der Waals surface area contributed by atoms with Gasteiger partial charge in [0.25, 0.3) is 10.0 Å². The first-order valence-electron chi connectivity index (χ1n) is 12.9. The lowest BCUT2D eigenvalue weighted by molar-refractivity contribution is -0.140. The molecule has 1 atom stereocenters. The van der Waals surface area contributed by atoms with Gasteiger partial charge in [-0.15, -0.1) is 0 Å². The molecule has 0 saturated heterocycles. The minimum atomic E-state index is -4.15. The van der Waals surface area contributed by atoms with Gasteiger partial charge < -0.3 is 10.2 Å². The second-order valence-electron chi connectivity index (χ2n) is 9.81. The second kappa shape index (κ2) is 13.1. The molecule has 3 aromatic rings. The first-order valence-corrected chi connectivity index (χ1v) is 14.8. The third-order valence-electron chi connectivity index (χ3n) is 6.37. The Morgan fingerprint density at radius 2 is 1.62 bits per heavy atom. The highest BCUT2D eigenvalue weighted by Gasteiger charge is 2.34. The molecule has 2 amide bonds. The maximum absolute atomic E-state index is 14.1. The first-order chi connectivity index (χ1) is 18.4. The summed E-state index contributed by atoms with van der Waals surface area (Å²) in [5.41, 5.74) is 2.69. The molecule has 0 fully saturated rings. The molecule has 1 unspecified atom stereocenters. The predicted molar refractivity (Wildman–Crippen MR) is 156 cm³/mol. The van der Waals surface area contributed by atoms with Crippen molar-refractivity contribution in [2.75, 3.05) is 10.8 Å². The van der Waals surface area contributed by atoms with Crippen molar-refractivity contribution in [3.05, 3.63) is 94.5 Å². The number of rotatable bonds is 11. The summed E-state index contributed by atoms with van der Waals surface area (Å²) in [6, 6.07) is 19.7. The molecule has 0 aliphatic heterocycles. The molecule has 39 heavy (non-hydrogen) atoms. The summed E-state index contributed by atoms with van der Waals surface area (Å²) >= 11 is 6.37. The number of nitrogens with zero attached hydrogens (tertiary/aromatic N) is 2. The van der Waals surface area contributed by atoms with Gasteiger partial charge in [0, 0.05) is 17.6 Å². The summed E-state index contributed by atoms with van der Waals surface area (Å²) < 4.78 is 28.9. The van der Waals surface area contributed by atoms with Gasteiger partial charge >= 0.3 is 0 Å². The van der Waals surface area contributed by atoms with Crippen molar-refractivity contribution in [3.8, 4) is 0 Å². The number of halogens is 1. The highest BCUT2D eigenvalue weighted by atomic mass is 35.5. The lowest BCUT2D eigenvalue weighted by atomic mass is 10.1. The van der Waals surface area contributed by atoms with Crippen LogP contribution in [0.3, 0.4) is 0 Å². The number of amides is 2. The summed E-state index contributed by atoms with van der Waals surface area (Å²) in [6.07, 6.45) is 0.359. The van der Waals surface area contributed by atoms with Crippen molar-refractivity contribution in [3.63, 3.8) is 0 Å². The Balaban J connectivity index is 2.10. The Hall–Kier alpha value is -3.36. The predicted octanol–water partition coefficient (Wildman–Crippen LogP) is 5.48. The van der Waals surface area contributed by atoms with E-state index in [4.69, 9.17) is 11.6 Å². The van der Waals surface area contributed by atoms with Crippen LogP contribution in [0, 0.1) is 13.8 Å². The largest absolute Gasteiger partial charge is 0.352 e. The number of hydrogen-bond acceptors (Lipinski definition) is 4. The topological polar surface area (TPSA) is 86.8 Å². The number of sulfonamides is 1. The number of hydrogen-bond donors (Lipinski definition) is 1. The maximum Gasteiger partial charge on any atom is 0.264 e. The molecule has 0 aliphatic rings. The fourth-order valence-electron chi connectivity index (χ4n) is 4.41. The van der Waals surface area contributed by atoms with Gasteiger partial charge in [-0.3, -0.25) is 13.9 Å².